The van der Waals surface area contributed by atoms with Crippen molar-refractivity contribution in [3.8, 4) is 0 Å². The Bertz CT molecular complexity index is 642. The van der Waals surface area contributed by atoms with Crippen LogP contribution in [0.2, 0.25) is 5.02 Å². The van der Waals surface area contributed by atoms with Crippen LogP contribution in [0.3, 0.4) is 0 Å². The number of ether oxygens (including phenoxy) is 1. The molecule has 0 radical (unpaired) electrons. The van der Waals surface area contributed by atoms with Gasteiger partial charge in [0.2, 0.25) is 5.91 Å². The van der Waals surface area contributed by atoms with E-state index < -0.39 is 16.9 Å². The van der Waals surface area contributed by atoms with Crippen LogP contribution >= 0.6 is 23.4 Å². The summed E-state index contributed by atoms with van der Waals surface area (Å²) in [6.07, 6.45) is -0.580. The molecule has 1 N–H and O–H groups in total. The highest BCUT2D eigenvalue weighted by molar-refractivity contribution is 8.14. The van der Waals surface area contributed by atoms with E-state index in [9.17, 15) is 14.4 Å². The number of amides is 3. The van der Waals surface area contributed by atoms with Gasteiger partial charge in [0, 0.05) is 18.1 Å². The fourth-order valence-corrected chi connectivity index (χ4v) is 3.24. The number of rotatable bonds is 4. The van der Waals surface area contributed by atoms with Gasteiger partial charge in [-0.2, -0.15) is 0 Å². The Morgan fingerprint density at radius 1 is 1.29 bits per heavy atom. The van der Waals surface area contributed by atoms with Crippen LogP contribution in [-0.2, 0) is 9.53 Å². The zero-order chi connectivity index (χ0) is 17.9. The molecule has 0 bridgehead atoms. The third kappa shape index (κ3) is 4.88. The van der Waals surface area contributed by atoms with Crippen LogP contribution in [-0.4, -0.2) is 40.8 Å². The monoisotopic (exact) mass is 370 g/mol. The van der Waals surface area contributed by atoms with E-state index in [1.165, 1.54) is 0 Å². The average Bonchev–Trinajstić information content (AvgIpc) is 2.74. The van der Waals surface area contributed by atoms with E-state index in [2.05, 4.69) is 5.32 Å². The first-order valence-electron chi connectivity index (χ1n) is 7.42. The molecule has 3 amide bonds. The summed E-state index contributed by atoms with van der Waals surface area (Å²) >= 11 is 6.79. The van der Waals surface area contributed by atoms with Crippen molar-refractivity contribution in [1.82, 2.24) is 10.2 Å². The zero-order valence-electron chi connectivity index (χ0n) is 13.7. The fourth-order valence-electron chi connectivity index (χ4n) is 2.08. The molecule has 1 aromatic rings. The van der Waals surface area contributed by atoms with Crippen LogP contribution in [0.15, 0.2) is 24.3 Å². The highest BCUT2D eigenvalue weighted by Crippen LogP contribution is 2.39. The van der Waals surface area contributed by atoms with Crippen LogP contribution in [0.4, 0.5) is 9.59 Å². The zero-order valence-corrected chi connectivity index (χ0v) is 15.2. The number of halogens is 1. The molecule has 0 spiro atoms. The molecule has 24 heavy (non-hydrogen) atoms. The Hall–Kier alpha value is -1.73. The van der Waals surface area contributed by atoms with E-state index >= 15 is 0 Å². The Morgan fingerprint density at radius 2 is 1.92 bits per heavy atom. The second-order valence-corrected chi connectivity index (χ2v) is 7.73. The molecule has 1 fully saturated rings. The van der Waals surface area contributed by atoms with Crippen molar-refractivity contribution in [2.24, 2.45) is 0 Å². The largest absolute Gasteiger partial charge is 0.444 e. The number of benzene rings is 1. The van der Waals surface area contributed by atoms with Crippen molar-refractivity contribution in [3.63, 3.8) is 0 Å². The first-order chi connectivity index (χ1) is 11.2. The molecule has 0 aromatic heterocycles. The molecule has 1 aliphatic heterocycles. The van der Waals surface area contributed by atoms with E-state index in [4.69, 9.17) is 16.3 Å². The minimum atomic E-state index is -0.598. The molecule has 0 aliphatic carbocycles. The Kier molecular flexibility index (Phi) is 5.77. The minimum Gasteiger partial charge on any atom is -0.444 e. The maximum atomic E-state index is 12.4. The van der Waals surface area contributed by atoms with Crippen molar-refractivity contribution in [2.45, 2.75) is 31.6 Å². The van der Waals surface area contributed by atoms with Gasteiger partial charge in [-0.3, -0.25) is 14.5 Å². The SMILES string of the molecule is CC(C)(C)OC(=O)NCCN1C(=O)S[C@@H](c2ccc(Cl)cc2)C1=O. The molecule has 0 saturated carbocycles. The highest BCUT2D eigenvalue weighted by atomic mass is 35.5. The van der Waals surface area contributed by atoms with Gasteiger partial charge in [0.05, 0.1) is 0 Å². The number of nitrogens with zero attached hydrogens (tertiary/aromatic N) is 1. The predicted octanol–water partition coefficient (Wildman–Crippen LogP) is 3.60. The lowest BCUT2D eigenvalue weighted by molar-refractivity contribution is -0.126. The third-order valence-electron chi connectivity index (χ3n) is 3.11. The van der Waals surface area contributed by atoms with Gasteiger partial charge in [-0.1, -0.05) is 23.7 Å². The van der Waals surface area contributed by atoms with Crippen molar-refractivity contribution < 1.29 is 19.1 Å². The lowest BCUT2D eigenvalue weighted by atomic mass is 10.1. The highest BCUT2D eigenvalue weighted by Gasteiger charge is 2.40. The molecular formula is C16H19ClN2O4S. The van der Waals surface area contributed by atoms with E-state index in [1.807, 2.05) is 0 Å². The molecule has 6 nitrogen and oxygen atoms in total. The number of hydrogen-bond acceptors (Lipinski definition) is 5. The third-order valence-corrected chi connectivity index (χ3v) is 4.49. The number of alkyl carbamates (subject to hydrolysis) is 1. The van der Waals surface area contributed by atoms with Gasteiger partial charge in [-0.25, -0.2) is 4.79 Å². The van der Waals surface area contributed by atoms with Gasteiger partial charge in [0.1, 0.15) is 10.9 Å². The van der Waals surface area contributed by atoms with Gasteiger partial charge < -0.3 is 10.1 Å². The van der Waals surface area contributed by atoms with Gasteiger partial charge >= 0.3 is 6.09 Å². The maximum Gasteiger partial charge on any atom is 0.407 e. The summed E-state index contributed by atoms with van der Waals surface area (Å²) in [6, 6.07) is 6.82. The molecule has 1 saturated heterocycles. The van der Waals surface area contributed by atoms with Crippen molar-refractivity contribution in [3.05, 3.63) is 34.9 Å². The number of carbonyl (C=O) groups excluding carboxylic acids is 3. The van der Waals surface area contributed by atoms with Gasteiger partial charge in [0.15, 0.2) is 0 Å². The van der Waals surface area contributed by atoms with Crippen LogP contribution in [0.25, 0.3) is 0 Å². The van der Waals surface area contributed by atoms with E-state index in [0.29, 0.717) is 5.02 Å². The van der Waals surface area contributed by atoms with Crippen LogP contribution in [0, 0.1) is 0 Å². The minimum absolute atomic E-state index is 0.105. The Balaban J connectivity index is 1.90. The van der Waals surface area contributed by atoms with Crippen LogP contribution in [0.5, 0.6) is 0 Å². The molecule has 1 atom stereocenters. The van der Waals surface area contributed by atoms with Gasteiger partial charge in [-0.15, -0.1) is 0 Å². The number of nitrogens with one attached hydrogen (secondary N) is 1. The first kappa shape index (κ1) is 18.6. The van der Waals surface area contributed by atoms with Crippen molar-refractivity contribution in [1.29, 1.82) is 0 Å². The summed E-state index contributed by atoms with van der Waals surface area (Å²) in [5.41, 5.74) is 0.129. The molecule has 8 heteroatoms. The molecule has 1 heterocycles. The standard InChI is InChI=1S/C16H19ClN2O4S/c1-16(2,3)23-14(21)18-8-9-19-13(20)12(24-15(19)22)10-4-6-11(17)7-5-10/h4-7,12H,8-9H2,1-3H3,(H,18,21)/t12-/m0/s1. The lowest BCUT2D eigenvalue weighted by Crippen LogP contribution is -2.39. The summed E-state index contributed by atoms with van der Waals surface area (Å²) in [7, 11) is 0. The number of carbonyl (C=O) groups is 3. The topological polar surface area (TPSA) is 75.7 Å². The summed E-state index contributed by atoms with van der Waals surface area (Å²) in [6.45, 7) is 5.52. The molecule has 1 aromatic carbocycles. The number of thioether (sulfide) groups is 1. The van der Waals surface area contributed by atoms with Crippen LogP contribution < -0.4 is 5.32 Å². The second-order valence-electron chi connectivity index (χ2n) is 6.23. The number of imide groups is 1. The smallest absolute Gasteiger partial charge is 0.407 e. The van der Waals surface area contributed by atoms with Crippen LogP contribution in [0.1, 0.15) is 31.6 Å². The van der Waals surface area contributed by atoms with E-state index in [-0.39, 0.29) is 24.2 Å². The van der Waals surface area contributed by atoms with Crippen molar-refractivity contribution >= 4 is 40.6 Å². The summed E-state index contributed by atoms with van der Waals surface area (Å²) in [4.78, 5) is 37.2. The number of hydrogen-bond donors (Lipinski definition) is 1. The van der Waals surface area contributed by atoms with E-state index in [1.54, 1.807) is 45.0 Å². The summed E-state index contributed by atoms with van der Waals surface area (Å²) in [5, 5.41) is 2.20. The summed E-state index contributed by atoms with van der Waals surface area (Å²) in [5.74, 6) is -0.293. The van der Waals surface area contributed by atoms with Gasteiger partial charge in [0.25, 0.3) is 5.24 Å². The Morgan fingerprint density at radius 3 is 2.50 bits per heavy atom. The fraction of sp³-hybridized carbons (Fsp3) is 0.438. The molecular weight excluding hydrogens is 352 g/mol. The molecule has 130 valence electrons. The molecule has 1 aliphatic rings. The van der Waals surface area contributed by atoms with Gasteiger partial charge in [-0.05, 0) is 50.2 Å². The second kappa shape index (κ2) is 7.44. The normalized spacial score (nSPS) is 18.0. The molecule has 0 unspecified atom stereocenters. The summed E-state index contributed by atoms with van der Waals surface area (Å²) < 4.78 is 5.10. The van der Waals surface area contributed by atoms with Crippen molar-refractivity contribution in [2.75, 3.05) is 13.1 Å². The first-order valence-corrected chi connectivity index (χ1v) is 8.67. The lowest BCUT2D eigenvalue weighted by Gasteiger charge is -2.20. The average molecular weight is 371 g/mol. The predicted molar refractivity (Wildman–Crippen MR) is 93.1 cm³/mol. The van der Waals surface area contributed by atoms with E-state index in [0.717, 1.165) is 22.2 Å². The quantitative estimate of drug-likeness (QED) is 0.876. The maximum absolute atomic E-state index is 12.4. The Labute approximate surface area is 149 Å². The molecule has 2 rings (SSSR count).